The standard InChI is InChI=1S/C26H31NO3/c1-26-20-16-22(24(26)19-12-6-3-7-13-19)25(30-27(26)28-17-20)29-23-15-9-8-14-21(23)18-10-4-2-5-11-18/h2-7,10-13,20-25H,8-9,14-17H2,1H3/t20-,21+,22-,23-,24+,25-,26+/m0/s1. The highest BCUT2D eigenvalue weighted by Gasteiger charge is 2.67. The van der Waals surface area contributed by atoms with E-state index in [0.29, 0.717) is 23.7 Å². The van der Waals surface area contributed by atoms with E-state index in [1.807, 2.05) is 5.23 Å². The highest BCUT2D eigenvalue weighted by atomic mass is 17.0. The third-order valence-corrected chi connectivity index (χ3v) is 8.17. The molecule has 4 heteroatoms. The smallest absolute Gasteiger partial charge is 0.184 e. The van der Waals surface area contributed by atoms with Crippen molar-refractivity contribution in [1.29, 1.82) is 0 Å². The number of rotatable bonds is 4. The lowest BCUT2D eigenvalue weighted by Crippen LogP contribution is -2.55. The van der Waals surface area contributed by atoms with Crippen LogP contribution in [-0.2, 0) is 14.4 Å². The fraction of sp³-hybridized carbons (Fsp3) is 0.538. The molecule has 2 saturated heterocycles. The Bertz CT molecular complexity index is 874. The summed E-state index contributed by atoms with van der Waals surface area (Å²) in [5.74, 6) is 1.66. The second kappa shape index (κ2) is 7.45. The molecule has 4 aliphatic rings. The molecule has 0 aromatic heterocycles. The topological polar surface area (TPSA) is 30.9 Å². The van der Waals surface area contributed by atoms with Gasteiger partial charge in [0.1, 0.15) is 0 Å². The number of benzene rings is 2. The van der Waals surface area contributed by atoms with Crippen molar-refractivity contribution in [3.63, 3.8) is 0 Å². The summed E-state index contributed by atoms with van der Waals surface area (Å²) in [5.41, 5.74) is 2.66. The van der Waals surface area contributed by atoms with E-state index in [9.17, 15) is 0 Å². The maximum absolute atomic E-state index is 6.83. The van der Waals surface area contributed by atoms with E-state index in [4.69, 9.17) is 14.4 Å². The largest absolute Gasteiger partial charge is 0.347 e. The van der Waals surface area contributed by atoms with Crippen LogP contribution in [0.1, 0.15) is 62.0 Å². The summed E-state index contributed by atoms with van der Waals surface area (Å²) in [6.07, 6.45) is 5.85. The lowest BCUT2D eigenvalue weighted by atomic mass is 9.76. The Balaban J connectivity index is 1.30. The van der Waals surface area contributed by atoms with Crippen molar-refractivity contribution in [2.75, 3.05) is 6.61 Å². The van der Waals surface area contributed by atoms with E-state index in [-0.39, 0.29) is 17.9 Å². The molecule has 0 unspecified atom stereocenters. The average molecular weight is 406 g/mol. The molecule has 2 bridgehead atoms. The van der Waals surface area contributed by atoms with E-state index in [2.05, 4.69) is 67.6 Å². The zero-order chi connectivity index (χ0) is 20.1. The summed E-state index contributed by atoms with van der Waals surface area (Å²) in [6.45, 7) is 3.06. The van der Waals surface area contributed by atoms with Crippen LogP contribution >= 0.6 is 0 Å². The molecule has 2 heterocycles. The van der Waals surface area contributed by atoms with Crippen molar-refractivity contribution >= 4 is 0 Å². The molecule has 2 aliphatic heterocycles. The van der Waals surface area contributed by atoms with Crippen molar-refractivity contribution in [3.05, 3.63) is 71.8 Å². The second-order valence-corrected chi connectivity index (χ2v) is 9.71. The molecular formula is C26H31NO3. The Morgan fingerprint density at radius 2 is 1.63 bits per heavy atom. The van der Waals surface area contributed by atoms with E-state index in [1.165, 1.54) is 30.4 Å². The maximum atomic E-state index is 6.83. The van der Waals surface area contributed by atoms with Crippen LogP contribution in [-0.4, -0.2) is 29.8 Å². The molecule has 2 saturated carbocycles. The first kappa shape index (κ1) is 19.0. The summed E-state index contributed by atoms with van der Waals surface area (Å²) < 4.78 is 6.83. The summed E-state index contributed by atoms with van der Waals surface area (Å²) in [7, 11) is 0. The molecule has 158 valence electrons. The summed E-state index contributed by atoms with van der Waals surface area (Å²) in [4.78, 5) is 12.4. The minimum absolute atomic E-state index is 0.114. The van der Waals surface area contributed by atoms with Crippen molar-refractivity contribution in [1.82, 2.24) is 5.23 Å². The van der Waals surface area contributed by atoms with Gasteiger partial charge in [0.25, 0.3) is 0 Å². The predicted molar refractivity (Wildman–Crippen MR) is 114 cm³/mol. The van der Waals surface area contributed by atoms with Gasteiger partial charge in [-0.05, 0) is 37.3 Å². The van der Waals surface area contributed by atoms with Crippen LogP contribution in [0.3, 0.4) is 0 Å². The van der Waals surface area contributed by atoms with Crippen molar-refractivity contribution in [3.8, 4) is 0 Å². The van der Waals surface area contributed by atoms with Gasteiger partial charge in [-0.2, -0.15) is 0 Å². The summed E-state index contributed by atoms with van der Waals surface area (Å²) in [6, 6.07) is 21.8. The SMILES string of the molecule is C[C@]12[C@@H]3CON1O[C@H](O[C@H]1CCCC[C@@H]1c1ccccc1)[C@@H](C3)[C@H]2c1ccccc1. The number of hydroxylamine groups is 2. The Morgan fingerprint density at radius 3 is 2.40 bits per heavy atom. The lowest BCUT2D eigenvalue weighted by Gasteiger charge is -2.47. The molecule has 2 aliphatic carbocycles. The van der Waals surface area contributed by atoms with Gasteiger partial charge in [-0.1, -0.05) is 78.7 Å². The fourth-order valence-corrected chi connectivity index (χ4v) is 6.66. The highest BCUT2D eigenvalue weighted by molar-refractivity contribution is 5.30. The van der Waals surface area contributed by atoms with Crippen molar-refractivity contribution in [2.24, 2.45) is 11.8 Å². The Hall–Kier alpha value is -1.72. The van der Waals surface area contributed by atoms with Gasteiger partial charge in [0.15, 0.2) is 6.29 Å². The molecule has 0 radical (unpaired) electrons. The van der Waals surface area contributed by atoms with Crippen LogP contribution in [0, 0.1) is 11.8 Å². The molecule has 0 N–H and O–H groups in total. The van der Waals surface area contributed by atoms with Crippen LogP contribution in [0.25, 0.3) is 0 Å². The molecule has 4 fully saturated rings. The van der Waals surface area contributed by atoms with E-state index >= 15 is 0 Å². The molecule has 0 spiro atoms. The van der Waals surface area contributed by atoms with Crippen LogP contribution in [0.15, 0.2) is 60.7 Å². The molecule has 0 amide bonds. The first-order chi connectivity index (χ1) is 14.7. The van der Waals surface area contributed by atoms with Gasteiger partial charge in [-0.3, -0.25) is 4.84 Å². The monoisotopic (exact) mass is 405 g/mol. The van der Waals surface area contributed by atoms with Crippen LogP contribution in [0.2, 0.25) is 0 Å². The second-order valence-electron chi connectivity index (χ2n) is 9.71. The normalized spacial score (nSPS) is 40.6. The first-order valence-corrected chi connectivity index (χ1v) is 11.6. The van der Waals surface area contributed by atoms with Gasteiger partial charge in [0, 0.05) is 23.7 Å². The van der Waals surface area contributed by atoms with Gasteiger partial charge in [-0.15, -0.1) is 0 Å². The highest BCUT2D eigenvalue weighted by Crippen LogP contribution is 2.61. The van der Waals surface area contributed by atoms with Crippen molar-refractivity contribution < 1.29 is 14.4 Å². The third-order valence-electron chi connectivity index (χ3n) is 8.17. The molecule has 7 atom stereocenters. The van der Waals surface area contributed by atoms with E-state index in [0.717, 1.165) is 19.4 Å². The van der Waals surface area contributed by atoms with Crippen LogP contribution in [0.4, 0.5) is 0 Å². The molecule has 2 aromatic carbocycles. The minimum Gasteiger partial charge on any atom is -0.347 e. The number of ether oxygens (including phenoxy) is 1. The Morgan fingerprint density at radius 1 is 0.933 bits per heavy atom. The zero-order valence-electron chi connectivity index (χ0n) is 17.7. The first-order valence-electron chi connectivity index (χ1n) is 11.6. The lowest BCUT2D eigenvalue weighted by molar-refractivity contribution is -0.460. The number of fused-ring (bicyclic) bond motifs is 1. The maximum Gasteiger partial charge on any atom is 0.184 e. The third kappa shape index (κ3) is 2.89. The molecule has 4 nitrogen and oxygen atoms in total. The Kier molecular flexibility index (Phi) is 4.72. The van der Waals surface area contributed by atoms with Gasteiger partial charge in [0.2, 0.25) is 0 Å². The Labute approximate surface area is 179 Å². The summed E-state index contributed by atoms with van der Waals surface area (Å²) >= 11 is 0. The molecule has 6 rings (SSSR count). The van der Waals surface area contributed by atoms with Crippen LogP contribution in [0.5, 0.6) is 0 Å². The molecular weight excluding hydrogens is 374 g/mol. The zero-order valence-corrected chi connectivity index (χ0v) is 17.7. The molecule has 2 aromatic rings. The van der Waals surface area contributed by atoms with Gasteiger partial charge < -0.3 is 4.74 Å². The van der Waals surface area contributed by atoms with Crippen LogP contribution < -0.4 is 0 Å². The average Bonchev–Trinajstić information content (AvgIpc) is 3.23. The number of hydrogen-bond donors (Lipinski definition) is 0. The van der Waals surface area contributed by atoms with E-state index in [1.54, 1.807) is 0 Å². The van der Waals surface area contributed by atoms with E-state index < -0.39 is 0 Å². The molecule has 30 heavy (non-hydrogen) atoms. The number of nitrogens with zero attached hydrogens (tertiary/aromatic N) is 1. The quantitative estimate of drug-likeness (QED) is 0.679. The number of hydrogen-bond acceptors (Lipinski definition) is 4. The minimum atomic E-state index is -0.247. The van der Waals surface area contributed by atoms with Gasteiger partial charge in [-0.25, -0.2) is 4.84 Å². The summed E-state index contributed by atoms with van der Waals surface area (Å²) in [5, 5.41) is 1.81. The van der Waals surface area contributed by atoms with Gasteiger partial charge >= 0.3 is 0 Å². The fourth-order valence-electron chi connectivity index (χ4n) is 6.66. The van der Waals surface area contributed by atoms with Gasteiger partial charge in [0.05, 0.1) is 18.2 Å². The van der Waals surface area contributed by atoms with Crippen molar-refractivity contribution in [2.45, 2.75) is 68.8 Å². The predicted octanol–water partition coefficient (Wildman–Crippen LogP) is 5.43.